The van der Waals surface area contributed by atoms with Gasteiger partial charge in [-0.1, -0.05) is 37.9 Å². The van der Waals surface area contributed by atoms with Gasteiger partial charge < -0.3 is 5.32 Å². The number of unbranched alkanes of at least 4 members (excludes halogenated alkanes) is 2. The lowest BCUT2D eigenvalue weighted by atomic mass is 10.2. The second kappa shape index (κ2) is 12.2. The van der Waals surface area contributed by atoms with Gasteiger partial charge in [0.25, 0.3) is 0 Å². The fourth-order valence-electron chi connectivity index (χ4n) is 2.20. The molecule has 2 aromatic rings. The molecule has 0 aliphatic rings. The molecule has 0 bridgehead atoms. The summed E-state index contributed by atoms with van der Waals surface area (Å²) in [6.07, 6.45) is 5.66. The van der Waals surface area contributed by atoms with Crippen molar-refractivity contribution in [2.45, 2.75) is 44.0 Å². The van der Waals surface area contributed by atoms with Gasteiger partial charge in [0, 0.05) is 27.5 Å². The third-order valence-corrected chi connectivity index (χ3v) is 4.69. The summed E-state index contributed by atoms with van der Waals surface area (Å²) in [5.74, 6) is 1.16. The van der Waals surface area contributed by atoms with Crippen LogP contribution in [-0.2, 0) is 0 Å². The highest BCUT2D eigenvalue weighted by molar-refractivity contribution is 7.99. The highest BCUT2D eigenvalue weighted by Gasteiger charge is 2.03. The minimum absolute atomic E-state index is 0. The van der Waals surface area contributed by atoms with E-state index >= 15 is 0 Å². The maximum Gasteiger partial charge on any atom is 0.0728 e. The van der Waals surface area contributed by atoms with Crippen molar-refractivity contribution >= 4 is 59.1 Å². The van der Waals surface area contributed by atoms with Crippen molar-refractivity contribution in [2.75, 3.05) is 12.3 Å². The predicted molar refractivity (Wildman–Crippen MR) is 109 cm³/mol. The number of rotatable bonds is 8. The van der Waals surface area contributed by atoms with Gasteiger partial charge in [0.05, 0.1) is 5.52 Å². The summed E-state index contributed by atoms with van der Waals surface area (Å²) < 4.78 is 0. The number of pyridine rings is 1. The van der Waals surface area contributed by atoms with Gasteiger partial charge in [-0.25, -0.2) is 0 Å². The minimum Gasteiger partial charge on any atom is -0.315 e. The maximum atomic E-state index is 6.02. The third kappa shape index (κ3) is 7.95. The quantitative estimate of drug-likeness (QED) is 0.439. The molecule has 23 heavy (non-hydrogen) atoms. The Morgan fingerprint density at radius 3 is 2.65 bits per heavy atom. The molecule has 130 valence electrons. The van der Waals surface area contributed by atoms with Gasteiger partial charge in [0.15, 0.2) is 0 Å². The molecule has 0 atom stereocenters. The second-order valence-corrected chi connectivity index (χ2v) is 7.06. The Hall–Kier alpha value is -0.190. The van der Waals surface area contributed by atoms with Crippen LogP contribution < -0.4 is 5.32 Å². The zero-order chi connectivity index (χ0) is 15.1. The topological polar surface area (TPSA) is 24.9 Å². The fraction of sp³-hybridized carbons (Fsp3) is 0.471. The molecule has 0 saturated carbocycles. The number of halogens is 3. The van der Waals surface area contributed by atoms with E-state index in [4.69, 9.17) is 11.6 Å². The van der Waals surface area contributed by atoms with Gasteiger partial charge in [-0.3, -0.25) is 4.98 Å². The number of aromatic nitrogens is 1. The molecule has 0 unspecified atom stereocenters. The van der Waals surface area contributed by atoms with Crippen molar-refractivity contribution in [3.8, 4) is 0 Å². The summed E-state index contributed by atoms with van der Waals surface area (Å²) >= 11 is 7.93. The first kappa shape index (κ1) is 22.8. The molecule has 0 aliphatic carbocycles. The van der Waals surface area contributed by atoms with E-state index in [9.17, 15) is 0 Å². The monoisotopic (exact) mass is 394 g/mol. The number of fused-ring (bicyclic) bond motifs is 1. The average Bonchev–Trinajstić information content (AvgIpc) is 2.45. The van der Waals surface area contributed by atoms with E-state index in [1.54, 1.807) is 0 Å². The second-order valence-electron chi connectivity index (χ2n) is 5.49. The summed E-state index contributed by atoms with van der Waals surface area (Å²) in [5.41, 5.74) is 0.980. The van der Waals surface area contributed by atoms with Gasteiger partial charge in [0.2, 0.25) is 0 Å². The molecule has 0 saturated heterocycles. The Kier molecular flexibility index (Phi) is 12.1. The molecular formula is C17H25Cl3N2S. The highest BCUT2D eigenvalue weighted by Crippen LogP contribution is 2.28. The smallest absolute Gasteiger partial charge is 0.0728 e. The average molecular weight is 396 g/mol. The first-order valence-electron chi connectivity index (χ1n) is 7.57. The predicted octanol–water partition coefficient (Wildman–Crippen LogP) is 5.99. The molecule has 0 fully saturated rings. The molecule has 0 spiro atoms. The van der Waals surface area contributed by atoms with Crippen molar-refractivity contribution in [3.63, 3.8) is 0 Å². The summed E-state index contributed by atoms with van der Waals surface area (Å²) in [6.45, 7) is 5.51. The molecule has 1 aromatic heterocycles. The Morgan fingerprint density at radius 2 is 1.91 bits per heavy atom. The normalized spacial score (nSPS) is 10.4. The van der Waals surface area contributed by atoms with Crippen LogP contribution in [0.3, 0.4) is 0 Å². The largest absolute Gasteiger partial charge is 0.315 e. The number of hydrogen-bond donors (Lipinski definition) is 1. The molecule has 0 amide bonds. The molecule has 1 heterocycles. The Labute approximate surface area is 161 Å². The molecule has 0 radical (unpaired) electrons. The lowest BCUT2D eigenvalue weighted by Gasteiger charge is -2.08. The van der Waals surface area contributed by atoms with Crippen LogP contribution in [-0.4, -0.2) is 23.3 Å². The molecule has 0 aliphatic heterocycles. The van der Waals surface area contributed by atoms with Gasteiger partial charge in [-0.15, -0.1) is 36.6 Å². The fourth-order valence-corrected chi connectivity index (χ4v) is 3.42. The molecular weight excluding hydrogens is 371 g/mol. The van der Waals surface area contributed by atoms with Gasteiger partial charge in [-0.2, -0.15) is 0 Å². The lowest BCUT2D eigenvalue weighted by Crippen LogP contribution is -2.23. The molecule has 2 nitrogen and oxygen atoms in total. The number of nitrogens with zero attached hydrogens (tertiary/aromatic N) is 1. The van der Waals surface area contributed by atoms with Crippen LogP contribution in [0, 0.1) is 0 Å². The number of benzene rings is 1. The van der Waals surface area contributed by atoms with Crippen LogP contribution in [0.15, 0.2) is 35.4 Å². The van der Waals surface area contributed by atoms with Crippen LogP contribution in [0.2, 0.25) is 5.02 Å². The van der Waals surface area contributed by atoms with Gasteiger partial charge >= 0.3 is 0 Å². The molecule has 1 aromatic carbocycles. The molecule has 1 N–H and O–H groups in total. The first-order chi connectivity index (χ1) is 10.2. The van der Waals surface area contributed by atoms with E-state index in [2.05, 4.69) is 36.3 Å². The van der Waals surface area contributed by atoms with Crippen LogP contribution in [0.1, 0.15) is 33.1 Å². The Balaban J connectivity index is 0.00000242. The van der Waals surface area contributed by atoms with E-state index in [0.717, 1.165) is 22.8 Å². The van der Waals surface area contributed by atoms with Gasteiger partial charge in [0.1, 0.15) is 0 Å². The van der Waals surface area contributed by atoms with E-state index in [1.807, 2.05) is 30.1 Å². The van der Waals surface area contributed by atoms with Crippen LogP contribution >= 0.6 is 48.2 Å². The summed E-state index contributed by atoms with van der Waals surface area (Å²) in [6, 6.07) is 8.63. The van der Waals surface area contributed by atoms with E-state index in [0.29, 0.717) is 6.04 Å². The lowest BCUT2D eigenvalue weighted by molar-refractivity contribution is 0.555. The van der Waals surface area contributed by atoms with E-state index < -0.39 is 0 Å². The molecule has 2 rings (SSSR count). The zero-order valence-electron chi connectivity index (χ0n) is 13.5. The maximum absolute atomic E-state index is 6.02. The molecule has 6 heteroatoms. The van der Waals surface area contributed by atoms with Crippen molar-refractivity contribution in [3.05, 3.63) is 35.5 Å². The van der Waals surface area contributed by atoms with Crippen LogP contribution in [0.25, 0.3) is 10.9 Å². The SMILES string of the molecule is CC(C)NCCCCCSc1ccnc2cc(Cl)ccc12.Cl.Cl. The van der Waals surface area contributed by atoms with E-state index in [1.165, 1.54) is 29.5 Å². The summed E-state index contributed by atoms with van der Waals surface area (Å²) in [4.78, 5) is 5.68. The first-order valence-corrected chi connectivity index (χ1v) is 8.93. The van der Waals surface area contributed by atoms with Gasteiger partial charge in [-0.05, 0) is 43.3 Å². The third-order valence-electron chi connectivity index (χ3n) is 3.30. The van der Waals surface area contributed by atoms with Crippen LogP contribution in [0.5, 0.6) is 0 Å². The van der Waals surface area contributed by atoms with Crippen molar-refractivity contribution in [2.24, 2.45) is 0 Å². The van der Waals surface area contributed by atoms with Crippen molar-refractivity contribution in [1.82, 2.24) is 10.3 Å². The zero-order valence-corrected chi connectivity index (χ0v) is 16.8. The summed E-state index contributed by atoms with van der Waals surface area (Å²) in [7, 11) is 0. The number of thioether (sulfide) groups is 1. The number of nitrogens with one attached hydrogen (secondary N) is 1. The summed E-state index contributed by atoms with van der Waals surface area (Å²) in [5, 5.41) is 5.40. The Bertz CT molecular complexity index is 579. The number of hydrogen-bond acceptors (Lipinski definition) is 3. The van der Waals surface area contributed by atoms with E-state index in [-0.39, 0.29) is 24.8 Å². The van der Waals surface area contributed by atoms with Crippen molar-refractivity contribution in [1.29, 1.82) is 0 Å². The Morgan fingerprint density at radius 1 is 1.13 bits per heavy atom. The minimum atomic E-state index is 0. The highest BCUT2D eigenvalue weighted by atomic mass is 35.5. The standard InChI is InChI=1S/C17H23ClN2S.2ClH/c1-13(2)19-9-4-3-5-11-21-17-8-10-20-16-12-14(18)6-7-15(16)17;;/h6-8,10,12-13,19H,3-5,9,11H2,1-2H3;2*1H. The van der Waals surface area contributed by atoms with Crippen molar-refractivity contribution < 1.29 is 0 Å². The van der Waals surface area contributed by atoms with Crippen LogP contribution in [0.4, 0.5) is 0 Å².